The third kappa shape index (κ3) is 1.27. The number of carbonyl (C=O) groups is 1. The van der Waals surface area contributed by atoms with E-state index in [0.29, 0.717) is 0 Å². The van der Waals surface area contributed by atoms with Crippen LogP contribution < -0.4 is 5.32 Å². The molecule has 5 nitrogen and oxygen atoms in total. The molecule has 1 aromatic rings. The highest BCUT2D eigenvalue weighted by Gasteiger charge is 2.18. The first-order valence-electron chi connectivity index (χ1n) is 2.73. The summed E-state index contributed by atoms with van der Waals surface area (Å²) in [6.07, 6.45) is 0. The topological polar surface area (TPSA) is 75.4 Å². The van der Waals surface area contributed by atoms with Crippen LogP contribution >= 0.6 is 11.6 Å². The zero-order valence-electron chi connectivity index (χ0n) is 5.59. The highest BCUT2D eigenvalue weighted by Crippen LogP contribution is 2.24. The normalized spacial score (nSPS) is 9.64. The zero-order valence-corrected chi connectivity index (χ0v) is 6.34. The van der Waals surface area contributed by atoms with Gasteiger partial charge in [0.25, 0.3) is 0 Å². The maximum absolute atomic E-state index is 10.3. The van der Waals surface area contributed by atoms with Gasteiger partial charge in [0.2, 0.25) is 11.6 Å². The molecule has 0 aliphatic rings. The number of aromatic nitrogens is 1. The maximum atomic E-state index is 10.3. The molecule has 2 N–H and O–H groups in total. The van der Waals surface area contributed by atoms with Gasteiger partial charge >= 0.3 is 5.97 Å². The SMILES string of the molecule is CNc1onc(C(=O)O)c1Cl. The van der Waals surface area contributed by atoms with Crippen LogP contribution in [0.1, 0.15) is 10.5 Å². The zero-order chi connectivity index (χ0) is 8.43. The van der Waals surface area contributed by atoms with Crippen LogP contribution in [0.3, 0.4) is 0 Å². The van der Waals surface area contributed by atoms with E-state index in [2.05, 4.69) is 15.0 Å². The predicted molar refractivity (Wildman–Crippen MR) is 38.0 cm³/mol. The molecular weight excluding hydrogens is 172 g/mol. The molecule has 0 aromatic carbocycles. The number of carboxylic acids is 1. The first-order valence-corrected chi connectivity index (χ1v) is 3.10. The van der Waals surface area contributed by atoms with Crippen LogP contribution in [0.2, 0.25) is 5.02 Å². The number of nitrogens with one attached hydrogen (secondary N) is 1. The molecule has 1 heterocycles. The molecule has 60 valence electrons. The van der Waals surface area contributed by atoms with E-state index in [9.17, 15) is 4.79 Å². The van der Waals surface area contributed by atoms with Gasteiger partial charge in [-0.2, -0.15) is 0 Å². The number of nitrogens with zero attached hydrogens (tertiary/aromatic N) is 1. The summed E-state index contributed by atoms with van der Waals surface area (Å²) in [5.74, 6) is -1.05. The molecule has 0 atom stereocenters. The molecule has 1 aromatic heterocycles. The smallest absolute Gasteiger partial charge is 0.359 e. The fraction of sp³-hybridized carbons (Fsp3) is 0.200. The lowest BCUT2D eigenvalue weighted by Gasteiger charge is -1.88. The molecule has 11 heavy (non-hydrogen) atoms. The molecule has 6 heteroatoms. The lowest BCUT2D eigenvalue weighted by atomic mass is 10.4. The molecule has 0 bridgehead atoms. The van der Waals surface area contributed by atoms with Crippen LogP contribution in [0.15, 0.2) is 4.52 Å². The third-order valence-corrected chi connectivity index (χ3v) is 1.42. The van der Waals surface area contributed by atoms with Crippen molar-refractivity contribution in [1.29, 1.82) is 0 Å². The quantitative estimate of drug-likeness (QED) is 0.705. The van der Waals surface area contributed by atoms with E-state index in [0.717, 1.165) is 0 Å². The van der Waals surface area contributed by atoms with Crippen LogP contribution in [-0.2, 0) is 0 Å². The number of hydrogen-bond donors (Lipinski definition) is 2. The Morgan fingerprint density at radius 3 is 2.73 bits per heavy atom. The monoisotopic (exact) mass is 176 g/mol. The molecule has 1 rings (SSSR count). The summed E-state index contributed by atoms with van der Waals surface area (Å²) < 4.78 is 4.53. The van der Waals surface area contributed by atoms with E-state index in [1.807, 2.05) is 0 Å². The molecule has 0 aliphatic heterocycles. The van der Waals surface area contributed by atoms with Gasteiger partial charge in [0.05, 0.1) is 0 Å². The van der Waals surface area contributed by atoms with Crippen molar-refractivity contribution in [3.8, 4) is 0 Å². The van der Waals surface area contributed by atoms with E-state index in [1.54, 1.807) is 7.05 Å². The van der Waals surface area contributed by atoms with Crippen LogP contribution in [0.5, 0.6) is 0 Å². The number of anilines is 1. The van der Waals surface area contributed by atoms with Gasteiger partial charge < -0.3 is 14.9 Å². The average Bonchev–Trinajstić information content (AvgIpc) is 2.30. The van der Waals surface area contributed by atoms with Gasteiger partial charge in [-0.25, -0.2) is 4.79 Å². The van der Waals surface area contributed by atoms with Gasteiger partial charge in [-0.05, 0) is 0 Å². The lowest BCUT2D eigenvalue weighted by molar-refractivity contribution is 0.0686. The number of hydrogen-bond acceptors (Lipinski definition) is 4. The first kappa shape index (κ1) is 7.87. The van der Waals surface area contributed by atoms with Crippen molar-refractivity contribution < 1.29 is 14.4 Å². The summed E-state index contributed by atoms with van der Waals surface area (Å²) in [5, 5.41) is 14.2. The minimum absolute atomic E-state index is 0.0139. The third-order valence-electron chi connectivity index (χ3n) is 1.07. The Bertz CT molecular complexity index is 283. The fourth-order valence-electron chi connectivity index (χ4n) is 0.567. The Kier molecular flexibility index (Phi) is 2.00. The molecule has 0 saturated heterocycles. The van der Waals surface area contributed by atoms with E-state index in [1.165, 1.54) is 0 Å². The lowest BCUT2D eigenvalue weighted by Crippen LogP contribution is -1.96. The van der Waals surface area contributed by atoms with Crippen LogP contribution in [0, 0.1) is 0 Å². The van der Waals surface area contributed by atoms with Crippen molar-refractivity contribution in [2.45, 2.75) is 0 Å². The molecule has 0 unspecified atom stereocenters. The molecule has 0 spiro atoms. The summed E-state index contributed by atoms with van der Waals surface area (Å²) in [5.41, 5.74) is -0.281. The predicted octanol–water partition coefficient (Wildman–Crippen LogP) is 1.07. The summed E-state index contributed by atoms with van der Waals surface area (Å²) in [4.78, 5) is 10.3. The second-order valence-corrected chi connectivity index (χ2v) is 2.11. The van der Waals surface area contributed by atoms with Crippen molar-refractivity contribution in [3.63, 3.8) is 0 Å². The average molecular weight is 177 g/mol. The Labute approximate surface area is 66.9 Å². The number of rotatable bonds is 2. The molecular formula is C5H5ClN2O3. The molecule has 0 amide bonds. The van der Waals surface area contributed by atoms with Crippen molar-refractivity contribution in [2.75, 3.05) is 12.4 Å². The van der Waals surface area contributed by atoms with E-state index < -0.39 is 5.97 Å². The van der Waals surface area contributed by atoms with Crippen LogP contribution in [0.25, 0.3) is 0 Å². The fourth-order valence-corrected chi connectivity index (χ4v) is 0.812. The van der Waals surface area contributed by atoms with E-state index >= 15 is 0 Å². The van der Waals surface area contributed by atoms with Gasteiger partial charge in [0.15, 0.2) is 0 Å². The molecule has 0 saturated carbocycles. The number of aromatic carboxylic acids is 1. The van der Waals surface area contributed by atoms with E-state index in [-0.39, 0.29) is 16.6 Å². The van der Waals surface area contributed by atoms with Crippen LogP contribution in [0.4, 0.5) is 5.88 Å². The largest absolute Gasteiger partial charge is 0.476 e. The van der Waals surface area contributed by atoms with Gasteiger partial charge in [-0.1, -0.05) is 16.8 Å². The van der Waals surface area contributed by atoms with Crippen molar-refractivity contribution in [3.05, 3.63) is 10.7 Å². The van der Waals surface area contributed by atoms with Gasteiger partial charge in [0, 0.05) is 7.05 Å². The van der Waals surface area contributed by atoms with Crippen molar-refractivity contribution >= 4 is 23.5 Å². The second kappa shape index (κ2) is 2.79. The van der Waals surface area contributed by atoms with Crippen LogP contribution in [-0.4, -0.2) is 23.3 Å². The van der Waals surface area contributed by atoms with Gasteiger partial charge in [0.1, 0.15) is 5.02 Å². The number of carboxylic acid groups (broad SMARTS) is 1. The highest BCUT2D eigenvalue weighted by atomic mass is 35.5. The summed E-state index contributed by atoms with van der Waals surface area (Å²) >= 11 is 5.52. The second-order valence-electron chi connectivity index (χ2n) is 1.73. The highest BCUT2D eigenvalue weighted by molar-refractivity contribution is 6.35. The Hall–Kier alpha value is -1.23. The van der Waals surface area contributed by atoms with Crippen molar-refractivity contribution in [1.82, 2.24) is 5.16 Å². The van der Waals surface area contributed by atoms with Crippen molar-refractivity contribution in [2.24, 2.45) is 0 Å². The first-order chi connectivity index (χ1) is 5.16. The maximum Gasteiger partial charge on any atom is 0.359 e. The number of halogens is 1. The summed E-state index contributed by atoms with van der Waals surface area (Å²) in [6, 6.07) is 0. The molecule has 0 fully saturated rings. The minimum Gasteiger partial charge on any atom is -0.476 e. The molecule has 0 aliphatic carbocycles. The van der Waals surface area contributed by atoms with Gasteiger partial charge in [-0.3, -0.25) is 0 Å². The summed E-state index contributed by atoms with van der Waals surface area (Å²) in [6.45, 7) is 0. The Morgan fingerprint density at radius 2 is 2.45 bits per heavy atom. The Balaban J connectivity index is 3.10. The Morgan fingerprint density at radius 1 is 1.82 bits per heavy atom. The summed E-state index contributed by atoms with van der Waals surface area (Å²) in [7, 11) is 1.55. The van der Waals surface area contributed by atoms with E-state index in [4.69, 9.17) is 16.7 Å². The minimum atomic E-state index is -1.21. The standard InChI is InChI=1S/C5H5ClN2O3/c1-7-4-2(6)3(5(9)10)8-11-4/h7H,1H3,(H,9,10). The molecule has 0 radical (unpaired) electrons. The van der Waals surface area contributed by atoms with Gasteiger partial charge in [-0.15, -0.1) is 0 Å².